The van der Waals surface area contributed by atoms with E-state index in [0.717, 1.165) is 38.9 Å². The predicted molar refractivity (Wildman–Crippen MR) is 85.4 cm³/mol. The van der Waals surface area contributed by atoms with Gasteiger partial charge in [0, 0.05) is 31.4 Å². The average molecular weight is 287 g/mol. The first kappa shape index (κ1) is 14.4. The maximum absolute atomic E-state index is 12.9. The number of nitrogens with one attached hydrogen (secondary N) is 1. The Bertz CT molecular complexity index is 515. The van der Waals surface area contributed by atoms with E-state index in [2.05, 4.69) is 47.4 Å². The highest BCUT2D eigenvalue weighted by Crippen LogP contribution is 2.28. The van der Waals surface area contributed by atoms with Crippen molar-refractivity contribution in [3.05, 3.63) is 29.8 Å². The van der Waals surface area contributed by atoms with Crippen molar-refractivity contribution in [2.24, 2.45) is 5.92 Å². The summed E-state index contributed by atoms with van der Waals surface area (Å²) in [6, 6.07) is 8.72. The van der Waals surface area contributed by atoms with Crippen molar-refractivity contribution in [1.29, 1.82) is 0 Å². The molecule has 21 heavy (non-hydrogen) atoms. The summed E-state index contributed by atoms with van der Waals surface area (Å²) in [5, 5.41) is 3.41. The minimum atomic E-state index is 0.0858. The number of likely N-dealkylation sites (N-methyl/N-ethyl adjacent to an activating group) is 1. The summed E-state index contributed by atoms with van der Waals surface area (Å²) >= 11 is 0. The highest BCUT2D eigenvalue weighted by atomic mass is 16.2. The van der Waals surface area contributed by atoms with Gasteiger partial charge >= 0.3 is 0 Å². The Labute approximate surface area is 127 Å². The topological polar surface area (TPSA) is 35.6 Å². The Hall–Kier alpha value is -1.55. The summed E-state index contributed by atoms with van der Waals surface area (Å²) in [5.74, 6) is 0.420. The molecule has 0 radical (unpaired) electrons. The minimum absolute atomic E-state index is 0.0858. The normalized spacial score (nSPS) is 24.8. The second-order valence-electron chi connectivity index (χ2n) is 6.53. The highest BCUT2D eigenvalue weighted by Gasteiger charge is 2.34. The maximum Gasteiger partial charge on any atom is 0.228 e. The number of nitrogens with zero attached hydrogens (tertiary/aromatic N) is 2. The lowest BCUT2D eigenvalue weighted by atomic mass is 9.92. The number of hydrogen-bond donors (Lipinski definition) is 1. The molecular weight excluding hydrogens is 262 g/mol. The number of amides is 1. The van der Waals surface area contributed by atoms with E-state index in [-0.39, 0.29) is 5.92 Å². The fourth-order valence-electron chi connectivity index (χ4n) is 3.59. The fraction of sp³-hybridized carbons (Fsp3) is 0.588. The summed E-state index contributed by atoms with van der Waals surface area (Å²) < 4.78 is 0. The number of likely N-dealkylation sites (tertiary alicyclic amines) is 1. The molecule has 1 fully saturated rings. The zero-order chi connectivity index (χ0) is 14.8. The standard InChI is InChI=1S/C17H25N3O/c1-19(2)12-15-7-5-9-20(15)17(21)14-10-13-6-3-4-8-16(13)18-11-14/h3-4,6,8,14-15,18H,5,7,9-12H2,1-2H3. The number of carbonyl (C=O) groups is 1. The van der Waals surface area contributed by atoms with Crippen LogP contribution in [-0.4, -0.2) is 55.5 Å². The molecule has 1 aromatic rings. The van der Waals surface area contributed by atoms with Gasteiger partial charge in [-0.25, -0.2) is 0 Å². The van der Waals surface area contributed by atoms with E-state index in [0.29, 0.717) is 11.9 Å². The third-order valence-corrected chi connectivity index (χ3v) is 4.61. The first-order valence-electron chi connectivity index (χ1n) is 7.92. The van der Waals surface area contributed by atoms with E-state index < -0.39 is 0 Å². The Morgan fingerprint density at radius 3 is 3.00 bits per heavy atom. The van der Waals surface area contributed by atoms with Gasteiger partial charge in [0.1, 0.15) is 0 Å². The van der Waals surface area contributed by atoms with Crippen LogP contribution in [0.1, 0.15) is 18.4 Å². The number of para-hydroxylation sites is 1. The molecule has 114 valence electrons. The van der Waals surface area contributed by atoms with E-state index in [9.17, 15) is 4.79 Å². The van der Waals surface area contributed by atoms with Crippen LogP contribution in [0.4, 0.5) is 5.69 Å². The van der Waals surface area contributed by atoms with Gasteiger partial charge in [0.25, 0.3) is 0 Å². The van der Waals surface area contributed by atoms with Gasteiger partial charge in [-0.15, -0.1) is 0 Å². The third-order valence-electron chi connectivity index (χ3n) is 4.61. The molecule has 0 aromatic heterocycles. The average Bonchev–Trinajstić information content (AvgIpc) is 2.93. The molecular formula is C17H25N3O. The molecule has 1 N–H and O–H groups in total. The number of anilines is 1. The van der Waals surface area contributed by atoms with Gasteiger partial charge in [0.15, 0.2) is 0 Å². The van der Waals surface area contributed by atoms with E-state index in [1.807, 2.05) is 6.07 Å². The second-order valence-corrected chi connectivity index (χ2v) is 6.53. The molecule has 2 aliphatic heterocycles. The Kier molecular flexibility index (Phi) is 4.15. The zero-order valence-corrected chi connectivity index (χ0v) is 13.0. The van der Waals surface area contributed by atoms with Crippen LogP contribution in [0, 0.1) is 5.92 Å². The zero-order valence-electron chi connectivity index (χ0n) is 13.0. The van der Waals surface area contributed by atoms with Crippen LogP contribution in [-0.2, 0) is 11.2 Å². The predicted octanol–water partition coefficient (Wildman–Crippen LogP) is 1.82. The number of carbonyl (C=O) groups excluding carboxylic acids is 1. The van der Waals surface area contributed by atoms with Crippen LogP contribution >= 0.6 is 0 Å². The molecule has 0 saturated carbocycles. The highest BCUT2D eigenvalue weighted by molar-refractivity contribution is 5.81. The van der Waals surface area contributed by atoms with Gasteiger partial charge in [-0.1, -0.05) is 18.2 Å². The van der Waals surface area contributed by atoms with Gasteiger partial charge in [0.05, 0.1) is 5.92 Å². The Morgan fingerprint density at radius 1 is 1.38 bits per heavy atom. The largest absolute Gasteiger partial charge is 0.384 e. The summed E-state index contributed by atoms with van der Waals surface area (Å²) in [6.45, 7) is 2.67. The molecule has 1 aromatic carbocycles. The first-order chi connectivity index (χ1) is 10.1. The smallest absolute Gasteiger partial charge is 0.228 e. The lowest BCUT2D eigenvalue weighted by molar-refractivity contribution is -0.136. The summed E-state index contributed by atoms with van der Waals surface area (Å²) in [7, 11) is 4.17. The van der Waals surface area contributed by atoms with Crippen LogP contribution < -0.4 is 5.32 Å². The van der Waals surface area contributed by atoms with Gasteiger partial charge in [-0.2, -0.15) is 0 Å². The van der Waals surface area contributed by atoms with Gasteiger partial charge in [-0.05, 0) is 45.0 Å². The quantitative estimate of drug-likeness (QED) is 0.921. The number of fused-ring (bicyclic) bond motifs is 1. The van der Waals surface area contributed by atoms with Crippen molar-refractivity contribution in [2.45, 2.75) is 25.3 Å². The van der Waals surface area contributed by atoms with E-state index in [1.165, 1.54) is 11.3 Å². The van der Waals surface area contributed by atoms with E-state index >= 15 is 0 Å². The van der Waals surface area contributed by atoms with Gasteiger partial charge in [0.2, 0.25) is 5.91 Å². The van der Waals surface area contributed by atoms with Crippen LogP contribution in [0.3, 0.4) is 0 Å². The summed E-state index contributed by atoms with van der Waals surface area (Å²) in [6.07, 6.45) is 3.15. The molecule has 2 atom stereocenters. The van der Waals surface area contributed by atoms with E-state index in [4.69, 9.17) is 0 Å². The Morgan fingerprint density at radius 2 is 2.19 bits per heavy atom. The van der Waals surface area contributed by atoms with Crippen molar-refractivity contribution in [2.75, 3.05) is 39.0 Å². The maximum atomic E-state index is 12.9. The molecule has 3 rings (SSSR count). The summed E-state index contributed by atoms with van der Waals surface area (Å²) in [5.41, 5.74) is 2.46. The minimum Gasteiger partial charge on any atom is -0.384 e. The van der Waals surface area contributed by atoms with Crippen molar-refractivity contribution in [3.8, 4) is 0 Å². The lowest BCUT2D eigenvalue weighted by Crippen LogP contribution is -2.46. The van der Waals surface area contributed by atoms with Crippen LogP contribution in [0.2, 0.25) is 0 Å². The molecule has 2 unspecified atom stereocenters. The second kappa shape index (κ2) is 6.06. The molecule has 0 bridgehead atoms. The fourth-order valence-corrected chi connectivity index (χ4v) is 3.59. The number of benzene rings is 1. The molecule has 0 spiro atoms. The van der Waals surface area contributed by atoms with E-state index in [1.54, 1.807) is 0 Å². The van der Waals surface area contributed by atoms with Crippen molar-refractivity contribution < 1.29 is 4.79 Å². The van der Waals surface area contributed by atoms with Gasteiger partial charge < -0.3 is 15.1 Å². The van der Waals surface area contributed by atoms with Crippen molar-refractivity contribution in [3.63, 3.8) is 0 Å². The third kappa shape index (κ3) is 3.05. The lowest BCUT2D eigenvalue weighted by Gasteiger charge is -2.33. The molecule has 1 amide bonds. The van der Waals surface area contributed by atoms with Crippen molar-refractivity contribution in [1.82, 2.24) is 9.80 Å². The van der Waals surface area contributed by atoms with Crippen LogP contribution in [0.25, 0.3) is 0 Å². The molecule has 2 aliphatic rings. The van der Waals surface area contributed by atoms with Gasteiger partial charge in [-0.3, -0.25) is 4.79 Å². The molecule has 2 heterocycles. The molecule has 1 saturated heterocycles. The number of rotatable bonds is 3. The summed E-state index contributed by atoms with van der Waals surface area (Å²) in [4.78, 5) is 17.2. The van der Waals surface area contributed by atoms with Crippen LogP contribution in [0.5, 0.6) is 0 Å². The van der Waals surface area contributed by atoms with Crippen molar-refractivity contribution >= 4 is 11.6 Å². The molecule has 4 nitrogen and oxygen atoms in total. The van der Waals surface area contributed by atoms with Crippen LogP contribution in [0.15, 0.2) is 24.3 Å². The monoisotopic (exact) mass is 287 g/mol. The number of hydrogen-bond acceptors (Lipinski definition) is 3. The molecule has 0 aliphatic carbocycles. The molecule has 4 heteroatoms. The first-order valence-corrected chi connectivity index (χ1v) is 7.92. The SMILES string of the molecule is CN(C)CC1CCCN1C(=O)C1CNc2ccccc2C1. The Balaban J connectivity index is 1.68.